The van der Waals surface area contributed by atoms with Gasteiger partial charge in [-0.05, 0) is 36.2 Å². The van der Waals surface area contributed by atoms with Crippen molar-refractivity contribution in [2.75, 3.05) is 11.4 Å². The Morgan fingerprint density at radius 3 is 2.68 bits per heavy atom. The number of hydrogen-bond donors (Lipinski definition) is 2. The van der Waals surface area contributed by atoms with Crippen LogP contribution in [0.25, 0.3) is 0 Å². The zero-order chi connectivity index (χ0) is 13.4. The van der Waals surface area contributed by atoms with Crippen LogP contribution in [0.15, 0.2) is 42.5 Å². The van der Waals surface area contributed by atoms with Gasteiger partial charge in [0.15, 0.2) is 0 Å². The fraction of sp³-hybridized carbons (Fsp3) is 0.133. The number of benzene rings is 2. The SMILES string of the molecule is N=C(N)c1ccc(N2CCc3ccccc32)c(Cl)c1. The predicted octanol–water partition coefficient (Wildman–Crippen LogP) is 3.32. The Hall–Kier alpha value is -2.00. The molecule has 0 spiro atoms. The summed E-state index contributed by atoms with van der Waals surface area (Å²) >= 11 is 6.33. The summed E-state index contributed by atoms with van der Waals surface area (Å²) in [7, 11) is 0. The first kappa shape index (κ1) is 12.1. The van der Waals surface area contributed by atoms with E-state index in [1.807, 2.05) is 18.2 Å². The average Bonchev–Trinajstić information content (AvgIpc) is 2.82. The monoisotopic (exact) mass is 271 g/mol. The summed E-state index contributed by atoms with van der Waals surface area (Å²) in [4.78, 5) is 2.21. The van der Waals surface area contributed by atoms with Gasteiger partial charge < -0.3 is 10.6 Å². The minimum Gasteiger partial charge on any atom is -0.384 e. The summed E-state index contributed by atoms with van der Waals surface area (Å²) in [6.45, 7) is 0.929. The number of halogens is 1. The Morgan fingerprint density at radius 1 is 1.16 bits per heavy atom. The van der Waals surface area contributed by atoms with E-state index in [4.69, 9.17) is 22.7 Å². The first-order chi connectivity index (χ1) is 9.16. The lowest BCUT2D eigenvalue weighted by Crippen LogP contribution is -2.15. The fourth-order valence-electron chi connectivity index (χ4n) is 2.48. The number of nitrogens with two attached hydrogens (primary N) is 1. The first-order valence-electron chi connectivity index (χ1n) is 6.16. The largest absolute Gasteiger partial charge is 0.384 e. The molecule has 0 amide bonds. The van der Waals surface area contributed by atoms with E-state index in [9.17, 15) is 0 Å². The molecule has 0 atom stereocenters. The molecule has 4 heteroatoms. The lowest BCUT2D eigenvalue weighted by molar-refractivity contribution is 0.998. The molecular weight excluding hydrogens is 258 g/mol. The van der Waals surface area contributed by atoms with Crippen LogP contribution in [0.1, 0.15) is 11.1 Å². The second kappa shape index (κ2) is 4.59. The van der Waals surface area contributed by atoms with Crippen LogP contribution in [0, 0.1) is 5.41 Å². The van der Waals surface area contributed by atoms with Crippen LogP contribution in [0.2, 0.25) is 5.02 Å². The summed E-state index contributed by atoms with van der Waals surface area (Å²) in [5, 5.41) is 8.06. The summed E-state index contributed by atoms with van der Waals surface area (Å²) < 4.78 is 0. The van der Waals surface area contributed by atoms with Crippen molar-refractivity contribution in [3.05, 3.63) is 58.6 Å². The van der Waals surface area contributed by atoms with E-state index in [1.165, 1.54) is 11.3 Å². The molecule has 0 radical (unpaired) electrons. The zero-order valence-electron chi connectivity index (χ0n) is 10.4. The van der Waals surface area contributed by atoms with Gasteiger partial charge in [0.2, 0.25) is 0 Å². The van der Waals surface area contributed by atoms with Gasteiger partial charge in [0.1, 0.15) is 5.84 Å². The number of nitrogens with one attached hydrogen (secondary N) is 1. The Kier molecular flexibility index (Phi) is 2.91. The second-order valence-electron chi connectivity index (χ2n) is 4.61. The van der Waals surface area contributed by atoms with Crippen LogP contribution in [0.3, 0.4) is 0 Å². The van der Waals surface area contributed by atoms with Gasteiger partial charge >= 0.3 is 0 Å². The van der Waals surface area contributed by atoms with Crippen LogP contribution in [-0.4, -0.2) is 12.4 Å². The fourth-order valence-corrected chi connectivity index (χ4v) is 2.76. The lowest BCUT2D eigenvalue weighted by atomic mass is 10.1. The number of hydrogen-bond acceptors (Lipinski definition) is 2. The van der Waals surface area contributed by atoms with Gasteiger partial charge in [0.05, 0.1) is 10.7 Å². The third kappa shape index (κ3) is 2.06. The molecule has 3 rings (SSSR count). The molecule has 19 heavy (non-hydrogen) atoms. The molecular formula is C15H14ClN3. The normalized spacial score (nSPS) is 13.4. The molecule has 3 N–H and O–H groups in total. The third-order valence-corrected chi connectivity index (χ3v) is 3.74. The van der Waals surface area contributed by atoms with Gasteiger partial charge in [0, 0.05) is 17.8 Å². The van der Waals surface area contributed by atoms with Crippen molar-refractivity contribution < 1.29 is 0 Å². The van der Waals surface area contributed by atoms with Crippen molar-refractivity contribution in [1.29, 1.82) is 5.41 Å². The number of anilines is 2. The van der Waals surface area contributed by atoms with Gasteiger partial charge in [-0.2, -0.15) is 0 Å². The van der Waals surface area contributed by atoms with Crippen molar-refractivity contribution in [2.45, 2.75) is 6.42 Å². The number of nitrogens with zero attached hydrogens (tertiary/aromatic N) is 1. The quantitative estimate of drug-likeness (QED) is 0.650. The molecule has 2 aromatic carbocycles. The average molecular weight is 272 g/mol. The molecule has 1 aliphatic rings. The van der Waals surface area contributed by atoms with Gasteiger partial charge in [-0.25, -0.2) is 0 Å². The number of rotatable bonds is 2. The molecule has 96 valence electrons. The van der Waals surface area contributed by atoms with E-state index in [1.54, 1.807) is 6.07 Å². The smallest absolute Gasteiger partial charge is 0.122 e. The highest BCUT2D eigenvalue weighted by Crippen LogP contribution is 2.38. The number of amidine groups is 1. The summed E-state index contributed by atoms with van der Waals surface area (Å²) in [6, 6.07) is 13.9. The van der Waals surface area contributed by atoms with Crippen LogP contribution in [0.5, 0.6) is 0 Å². The van der Waals surface area contributed by atoms with E-state index in [2.05, 4.69) is 23.1 Å². The van der Waals surface area contributed by atoms with Crippen LogP contribution in [-0.2, 0) is 6.42 Å². The summed E-state index contributed by atoms with van der Waals surface area (Å²) in [6.07, 6.45) is 1.03. The van der Waals surface area contributed by atoms with Gasteiger partial charge in [-0.1, -0.05) is 29.8 Å². The highest BCUT2D eigenvalue weighted by atomic mass is 35.5. The van der Waals surface area contributed by atoms with E-state index in [0.29, 0.717) is 10.6 Å². The third-order valence-electron chi connectivity index (χ3n) is 3.44. The molecule has 0 saturated heterocycles. The van der Waals surface area contributed by atoms with E-state index >= 15 is 0 Å². The van der Waals surface area contributed by atoms with Gasteiger partial charge in [0.25, 0.3) is 0 Å². The molecule has 3 nitrogen and oxygen atoms in total. The molecule has 0 bridgehead atoms. The van der Waals surface area contributed by atoms with Crippen molar-refractivity contribution >= 4 is 28.8 Å². The van der Waals surface area contributed by atoms with Crippen molar-refractivity contribution in [2.24, 2.45) is 5.73 Å². The summed E-state index contributed by atoms with van der Waals surface area (Å²) in [5.74, 6) is 0.0373. The Balaban J connectivity index is 2.03. The van der Waals surface area contributed by atoms with E-state index in [-0.39, 0.29) is 5.84 Å². The molecule has 1 heterocycles. The summed E-state index contributed by atoms with van der Waals surface area (Å²) in [5.41, 5.74) is 9.65. The molecule has 0 saturated carbocycles. The number of para-hydroxylation sites is 1. The van der Waals surface area contributed by atoms with Crippen LogP contribution < -0.4 is 10.6 Å². The minimum absolute atomic E-state index is 0.0373. The van der Waals surface area contributed by atoms with Crippen molar-refractivity contribution in [1.82, 2.24) is 0 Å². The first-order valence-corrected chi connectivity index (χ1v) is 6.54. The van der Waals surface area contributed by atoms with Gasteiger partial charge in [-0.3, -0.25) is 5.41 Å². The molecule has 1 aliphatic heterocycles. The van der Waals surface area contributed by atoms with Crippen molar-refractivity contribution in [3.8, 4) is 0 Å². The molecule has 0 fully saturated rings. The van der Waals surface area contributed by atoms with E-state index < -0.39 is 0 Å². The second-order valence-corrected chi connectivity index (χ2v) is 5.02. The van der Waals surface area contributed by atoms with Crippen LogP contribution in [0.4, 0.5) is 11.4 Å². The Bertz CT molecular complexity index is 652. The number of fused-ring (bicyclic) bond motifs is 1. The highest BCUT2D eigenvalue weighted by Gasteiger charge is 2.21. The standard InChI is InChI=1S/C15H14ClN3/c16-12-9-11(15(17)18)5-6-14(12)19-8-7-10-3-1-2-4-13(10)19/h1-6,9H,7-8H2,(H3,17,18). The minimum atomic E-state index is 0.0373. The Labute approximate surface area is 117 Å². The maximum atomic E-state index is 7.43. The van der Waals surface area contributed by atoms with E-state index in [0.717, 1.165) is 18.7 Å². The molecule has 0 aromatic heterocycles. The van der Waals surface area contributed by atoms with Crippen LogP contribution >= 0.6 is 11.6 Å². The molecule has 2 aromatic rings. The lowest BCUT2D eigenvalue weighted by Gasteiger charge is -2.21. The Morgan fingerprint density at radius 2 is 1.95 bits per heavy atom. The zero-order valence-corrected chi connectivity index (χ0v) is 11.1. The maximum Gasteiger partial charge on any atom is 0.122 e. The molecule has 0 aliphatic carbocycles. The van der Waals surface area contributed by atoms with Crippen molar-refractivity contribution in [3.63, 3.8) is 0 Å². The van der Waals surface area contributed by atoms with Gasteiger partial charge in [-0.15, -0.1) is 0 Å². The topological polar surface area (TPSA) is 53.1 Å². The number of nitrogen functional groups attached to an aromatic ring is 1. The highest BCUT2D eigenvalue weighted by molar-refractivity contribution is 6.33. The molecule has 0 unspecified atom stereocenters. The predicted molar refractivity (Wildman–Crippen MR) is 79.6 cm³/mol. The maximum absolute atomic E-state index is 7.43.